The van der Waals surface area contributed by atoms with Gasteiger partial charge in [0, 0.05) is 13.0 Å². The Labute approximate surface area is 111 Å². The van der Waals surface area contributed by atoms with Crippen molar-refractivity contribution in [1.29, 1.82) is 0 Å². The van der Waals surface area contributed by atoms with Crippen LogP contribution in [0.5, 0.6) is 0 Å². The summed E-state index contributed by atoms with van der Waals surface area (Å²) in [6.07, 6.45) is 2.05. The van der Waals surface area contributed by atoms with Crippen LogP contribution in [0.2, 0.25) is 0 Å². The highest BCUT2D eigenvalue weighted by molar-refractivity contribution is 5.87. The SMILES string of the molecule is CCC(=O)NC(CC(C)C)C(=O)NCCC(C)C. The summed E-state index contributed by atoms with van der Waals surface area (Å²) in [6, 6.07) is -0.399. The molecular weight excluding hydrogens is 228 g/mol. The Bertz CT molecular complexity index is 263. The molecule has 106 valence electrons. The molecule has 0 aromatic carbocycles. The summed E-state index contributed by atoms with van der Waals surface area (Å²) >= 11 is 0. The van der Waals surface area contributed by atoms with E-state index < -0.39 is 6.04 Å². The third kappa shape index (κ3) is 8.09. The maximum Gasteiger partial charge on any atom is 0.242 e. The predicted molar refractivity (Wildman–Crippen MR) is 74.1 cm³/mol. The van der Waals surface area contributed by atoms with Gasteiger partial charge in [-0.25, -0.2) is 0 Å². The highest BCUT2D eigenvalue weighted by atomic mass is 16.2. The van der Waals surface area contributed by atoms with E-state index in [0.717, 1.165) is 6.42 Å². The molecule has 0 aliphatic heterocycles. The van der Waals surface area contributed by atoms with Gasteiger partial charge in [-0.1, -0.05) is 34.6 Å². The van der Waals surface area contributed by atoms with Crippen LogP contribution in [0.25, 0.3) is 0 Å². The first kappa shape index (κ1) is 16.9. The molecule has 0 radical (unpaired) electrons. The van der Waals surface area contributed by atoms with Gasteiger partial charge in [-0.2, -0.15) is 0 Å². The fourth-order valence-electron chi connectivity index (χ4n) is 1.61. The van der Waals surface area contributed by atoms with Crippen LogP contribution in [0.3, 0.4) is 0 Å². The fraction of sp³-hybridized carbons (Fsp3) is 0.857. The van der Waals surface area contributed by atoms with E-state index >= 15 is 0 Å². The molecule has 0 aromatic heterocycles. The molecule has 0 aliphatic rings. The fourth-order valence-corrected chi connectivity index (χ4v) is 1.61. The summed E-state index contributed by atoms with van der Waals surface area (Å²) < 4.78 is 0. The van der Waals surface area contributed by atoms with Crippen molar-refractivity contribution in [3.8, 4) is 0 Å². The molecular formula is C14H28N2O2. The molecule has 0 heterocycles. The molecule has 0 aromatic rings. The third-order valence-corrected chi connectivity index (χ3v) is 2.70. The van der Waals surface area contributed by atoms with E-state index in [-0.39, 0.29) is 11.8 Å². The average molecular weight is 256 g/mol. The van der Waals surface area contributed by atoms with E-state index in [1.165, 1.54) is 0 Å². The molecule has 4 heteroatoms. The first-order chi connectivity index (χ1) is 8.36. The van der Waals surface area contributed by atoms with Gasteiger partial charge in [-0.3, -0.25) is 9.59 Å². The van der Waals surface area contributed by atoms with E-state index in [2.05, 4.69) is 24.5 Å². The molecule has 0 rings (SSSR count). The van der Waals surface area contributed by atoms with Crippen LogP contribution in [0.15, 0.2) is 0 Å². The van der Waals surface area contributed by atoms with Gasteiger partial charge in [0.25, 0.3) is 0 Å². The Morgan fingerprint density at radius 3 is 2.11 bits per heavy atom. The second kappa shape index (κ2) is 8.95. The second-order valence-corrected chi connectivity index (χ2v) is 5.58. The summed E-state index contributed by atoms with van der Waals surface area (Å²) in [6.45, 7) is 10.8. The number of hydrogen-bond acceptors (Lipinski definition) is 2. The normalized spacial score (nSPS) is 12.6. The highest BCUT2D eigenvalue weighted by Gasteiger charge is 2.20. The van der Waals surface area contributed by atoms with Crippen LogP contribution < -0.4 is 10.6 Å². The third-order valence-electron chi connectivity index (χ3n) is 2.70. The van der Waals surface area contributed by atoms with Crippen molar-refractivity contribution in [2.75, 3.05) is 6.54 Å². The first-order valence-corrected chi connectivity index (χ1v) is 6.93. The molecule has 0 saturated carbocycles. The Kier molecular flexibility index (Phi) is 8.42. The number of nitrogens with one attached hydrogen (secondary N) is 2. The van der Waals surface area contributed by atoms with Crippen molar-refractivity contribution in [1.82, 2.24) is 10.6 Å². The van der Waals surface area contributed by atoms with Crippen molar-refractivity contribution < 1.29 is 9.59 Å². The quantitative estimate of drug-likeness (QED) is 0.698. The van der Waals surface area contributed by atoms with Gasteiger partial charge in [0.2, 0.25) is 11.8 Å². The largest absolute Gasteiger partial charge is 0.354 e. The van der Waals surface area contributed by atoms with E-state index in [9.17, 15) is 9.59 Å². The Balaban J connectivity index is 4.26. The first-order valence-electron chi connectivity index (χ1n) is 6.93. The van der Waals surface area contributed by atoms with E-state index in [1.807, 2.05) is 13.8 Å². The molecule has 1 atom stereocenters. The van der Waals surface area contributed by atoms with Crippen LogP contribution in [0, 0.1) is 11.8 Å². The van der Waals surface area contributed by atoms with E-state index in [4.69, 9.17) is 0 Å². The summed E-state index contributed by atoms with van der Waals surface area (Å²) in [4.78, 5) is 23.4. The molecule has 0 spiro atoms. The average Bonchev–Trinajstić information content (AvgIpc) is 2.26. The van der Waals surface area contributed by atoms with Crippen LogP contribution in [0.1, 0.15) is 53.9 Å². The molecule has 0 aliphatic carbocycles. The molecule has 0 bridgehead atoms. The van der Waals surface area contributed by atoms with Crippen molar-refractivity contribution in [2.45, 2.75) is 59.9 Å². The molecule has 0 fully saturated rings. The number of rotatable bonds is 8. The topological polar surface area (TPSA) is 58.2 Å². The molecule has 2 amide bonds. The summed E-state index contributed by atoms with van der Waals surface area (Å²) in [7, 11) is 0. The maximum absolute atomic E-state index is 12.0. The van der Waals surface area contributed by atoms with Crippen LogP contribution in [-0.4, -0.2) is 24.4 Å². The number of carbonyl (C=O) groups is 2. The molecule has 1 unspecified atom stereocenters. The lowest BCUT2D eigenvalue weighted by molar-refractivity contribution is -0.129. The van der Waals surface area contributed by atoms with Gasteiger partial charge < -0.3 is 10.6 Å². The Hall–Kier alpha value is -1.06. The maximum atomic E-state index is 12.0. The van der Waals surface area contributed by atoms with E-state index in [1.54, 1.807) is 6.92 Å². The lowest BCUT2D eigenvalue weighted by Gasteiger charge is -2.20. The summed E-state index contributed by atoms with van der Waals surface area (Å²) in [5.74, 6) is 0.813. The van der Waals surface area contributed by atoms with Crippen molar-refractivity contribution in [3.05, 3.63) is 0 Å². The van der Waals surface area contributed by atoms with Crippen LogP contribution in [-0.2, 0) is 9.59 Å². The Morgan fingerprint density at radius 2 is 1.67 bits per heavy atom. The molecule has 2 N–H and O–H groups in total. The minimum atomic E-state index is -0.399. The zero-order valence-corrected chi connectivity index (χ0v) is 12.4. The van der Waals surface area contributed by atoms with Crippen LogP contribution >= 0.6 is 0 Å². The second-order valence-electron chi connectivity index (χ2n) is 5.58. The summed E-state index contributed by atoms with van der Waals surface area (Å²) in [5.41, 5.74) is 0. The van der Waals surface area contributed by atoms with Crippen LogP contribution in [0.4, 0.5) is 0 Å². The van der Waals surface area contributed by atoms with Gasteiger partial charge in [-0.05, 0) is 24.7 Å². The van der Waals surface area contributed by atoms with Gasteiger partial charge >= 0.3 is 0 Å². The van der Waals surface area contributed by atoms with Crippen molar-refractivity contribution >= 4 is 11.8 Å². The lowest BCUT2D eigenvalue weighted by atomic mass is 10.0. The lowest BCUT2D eigenvalue weighted by Crippen LogP contribution is -2.47. The van der Waals surface area contributed by atoms with Gasteiger partial charge in [0.15, 0.2) is 0 Å². The van der Waals surface area contributed by atoms with Crippen molar-refractivity contribution in [2.24, 2.45) is 11.8 Å². The molecule has 18 heavy (non-hydrogen) atoms. The van der Waals surface area contributed by atoms with Gasteiger partial charge in [0.1, 0.15) is 6.04 Å². The zero-order valence-electron chi connectivity index (χ0n) is 12.4. The monoisotopic (exact) mass is 256 g/mol. The van der Waals surface area contributed by atoms with Gasteiger partial charge in [0.05, 0.1) is 0 Å². The van der Waals surface area contributed by atoms with E-state index in [0.29, 0.717) is 31.2 Å². The predicted octanol–water partition coefficient (Wildman–Crippen LogP) is 2.09. The minimum absolute atomic E-state index is 0.0637. The Morgan fingerprint density at radius 1 is 1.06 bits per heavy atom. The number of hydrogen-bond donors (Lipinski definition) is 2. The summed E-state index contributed by atoms with van der Waals surface area (Å²) in [5, 5.41) is 5.68. The minimum Gasteiger partial charge on any atom is -0.354 e. The highest BCUT2D eigenvalue weighted by Crippen LogP contribution is 2.06. The smallest absolute Gasteiger partial charge is 0.242 e. The number of carbonyl (C=O) groups excluding carboxylic acids is 2. The van der Waals surface area contributed by atoms with Crippen molar-refractivity contribution in [3.63, 3.8) is 0 Å². The molecule has 0 saturated heterocycles. The molecule has 4 nitrogen and oxygen atoms in total. The number of amides is 2. The zero-order chi connectivity index (χ0) is 14.1. The standard InChI is InChI=1S/C14H28N2O2/c1-6-13(17)16-12(9-11(4)5)14(18)15-8-7-10(2)3/h10-12H,6-9H2,1-5H3,(H,15,18)(H,16,17). The van der Waals surface area contributed by atoms with Gasteiger partial charge in [-0.15, -0.1) is 0 Å².